The van der Waals surface area contributed by atoms with Crippen LogP contribution in [0.2, 0.25) is 0 Å². The lowest BCUT2D eigenvalue weighted by molar-refractivity contribution is -0.130. The standard InChI is InChI=1S/C14H18N2O4/c1-10(17)15-5-7-16(8-6-15)14(19)12-9-11(20-2)3-4-13(12)18/h3-4,9,18H,5-8H2,1-2H3. The molecule has 1 N–H and O–H groups in total. The summed E-state index contributed by atoms with van der Waals surface area (Å²) in [4.78, 5) is 27.0. The first kappa shape index (κ1) is 14.2. The van der Waals surface area contributed by atoms with Crippen molar-refractivity contribution >= 4 is 11.8 Å². The van der Waals surface area contributed by atoms with E-state index < -0.39 is 0 Å². The van der Waals surface area contributed by atoms with E-state index in [0.717, 1.165) is 0 Å². The number of rotatable bonds is 2. The zero-order chi connectivity index (χ0) is 14.7. The predicted octanol–water partition coefficient (Wildman–Crippen LogP) is 0.705. The Kier molecular flexibility index (Phi) is 4.12. The van der Waals surface area contributed by atoms with Crippen LogP contribution >= 0.6 is 0 Å². The van der Waals surface area contributed by atoms with Crippen LogP contribution in [-0.4, -0.2) is 60.0 Å². The number of hydrogen-bond donors (Lipinski definition) is 1. The zero-order valence-corrected chi connectivity index (χ0v) is 11.6. The summed E-state index contributed by atoms with van der Waals surface area (Å²) in [5.74, 6) is 0.226. The summed E-state index contributed by atoms with van der Waals surface area (Å²) in [6.07, 6.45) is 0. The van der Waals surface area contributed by atoms with Crippen LogP contribution in [0.1, 0.15) is 17.3 Å². The van der Waals surface area contributed by atoms with Gasteiger partial charge in [0.2, 0.25) is 5.91 Å². The molecule has 0 spiro atoms. The molecule has 2 amide bonds. The summed E-state index contributed by atoms with van der Waals surface area (Å²) >= 11 is 0. The molecule has 1 aliphatic rings. The van der Waals surface area contributed by atoms with Crippen molar-refractivity contribution in [2.45, 2.75) is 6.92 Å². The van der Waals surface area contributed by atoms with Gasteiger partial charge in [-0.3, -0.25) is 9.59 Å². The average molecular weight is 278 g/mol. The topological polar surface area (TPSA) is 70.1 Å². The van der Waals surface area contributed by atoms with Crippen molar-refractivity contribution in [1.82, 2.24) is 9.80 Å². The number of amides is 2. The van der Waals surface area contributed by atoms with Crippen molar-refractivity contribution in [3.63, 3.8) is 0 Å². The van der Waals surface area contributed by atoms with Crippen LogP contribution in [0.5, 0.6) is 11.5 Å². The van der Waals surface area contributed by atoms with Gasteiger partial charge in [0.05, 0.1) is 12.7 Å². The summed E-state index contributed by atoms with van der Waals surface area (Å²) in [5.41, 5.74) is 0.223. The third-order valence-electron chi connectivity index (χ3n) is 3.45. The first-order chi connectivity index (χ1) is 9.52. The zero-order valence-electron chi connectivity index (χ0n) is 11.6. The third-order valence-corrected chi connectivity index (χ3v) is 3.45. The molecule has 1 fully saturated rings. The lowest BCUT2D eigenvalue weighted by atomic mass is 10.1. The summed E-state index contributed by atoms with van der Waals surface area (Å²) in [6, 6.07) is 4.56. The van der Waals surface area contributed by atoms with Crippen LogP contribution in [-0.2, 0) is 4.79 Å². The normalized spacial score (nSPS) is 15.1. The van der Waals surface area contributed by atoms with Crippen LogP contribution in [0.25, 0.3) is 0 Å². The van der Waals surface area contributed by atoms with E-state index in [1.165, 1.54) is 26.2 Å². The van der Waals surface area contributed by atoms with Crippen LogP contribution in [0.4, 0.5) is 0 Å². The number of carbonyl (C=O) groups is 2. The monoisotopic (exact) mass is 278 g/mol. The number of nitrogens with zero attached hydrogens (tertiary/aromatic N) is 2. The Labute approximate surface area is 117 Å². The van der Waals surface area contributed by atoms with Gasteiger partial charge in [0.25, 0.3) is 5.91 Å². The second kappa shape index (κ2) is 5.81. The molecule has 1 aromatic rings. The highest BCUT2D eigenvalue weighted by molar-refractivity contribution is 5.97. The molecule has 2 rings (SSSR count). The highest BCUT2D eigenvalue weighted by atomic mass is 16.5. The van der Waals surface area contributed by atoms with Gasteiger partial charge in [-0.25, -0.2) is 0 Å². The van der Waals surface area contributed by atoms with Gasteiger partial charge in [0.15, 0.2) is 0 Å². The molecule has 108 valence electrons. The van der Waals surface area contributed by atoms with Crippen LogP contribution < -0.4 is 4.74 Å². The van der Waals surface area contributed by atoms with Crippen LogP contribution in [0.3, 0.4) is 0 Å². The maximum atomic E-state index is 12.4. The fraction of sp³-hybridized carbons (Fsp3) is 0.429. The third kappa shape index (κ3) is 2.84. The van der Waals surface area contributed by atoms with Gasteiger partial charge < -0.3 is 19.6 Å². The Morgan fingerprint density at radius 3 is 2.30 bits per heavy atom. The number of phenolic OH excluding ortho intramolecular Hbond substituents is 1. The smallest absolute Gasteiger partial charge is 0.257 e. The van der Waals surface area contributed by atoms with E-state index in [2.05, 4.69) is 0 Å². The first-order valence-electron chi connectivity index (χ1n) is 6.44. The van der Waals surface area contributed by atoms with Crippen LogP contribution in [0.15, 0.2) is 18.2 Å². The minimum absolute atomic E-state index is 0.0151. The highest BCUT2D eigenvalue weighted by Gasteiger charge is 2.25. The minimum Gasteiger partial charge on any atom is -0.507 e. The molecule has 1 aromatic carbocycles. The number of phenols is 1. The van der Waals surface area contributed by atoms with E-state index in [1.54, 1.807) is 15.9 Å². The number of aromatic hydroxyl groups is 1. The number of benzene rings is 1. The van der Waals surface area contributed by atoms with Crippen molar-refractivity contribution in [3.8, 4) is 11.5 Å². The Morgan fingerprint density at radius 1 is 1.15 bits per heavy atom. The quantitative estimate of drug-likeness (QED) is 0.864. The lowest BCUT2D eigenvalue weighted by Crippen LogP contribution is -2.50. The Balaban J connectivity index is 2.11. The number of ether oxygens (including phenoxy) is 1. The number of piperazine rings is 1. The van der Waals surface area contributed by atoms with E-state index in [4.69, 9.17) is 4.74 Å². The average Bonchev–Trinajstić information content (AvgIpc) is 2.47. The van der Waals surface area contributed by atoms with E-state index in [0.29, 0.717) is 31.9 Å². The molecule has 0 radical (unpaired) electrons. The maximum Gasteiger partial charge on any atom is 0.257 e. The molecule has 0 saturated carbocycles. The molecular formula is C14H18N2O4. The molecular weight excluding hydrogens is 260 g/mol. The molecule has 1 heterocycles. The van der Waals surface area contributed by atoms with Gasteiger partial charge in [0, 0.05) is 33.1 Å². The van der Waals surface area contributed by atoms with E-state index >= 15 is 0 Å². The second-order valence-corrected chi connectivity index (χ2v) is 4.68. The van der Waals surface area contributed by atoms with E-state index in [-0.39, 0.29) is 23.1 Å². The van der Waals surface area contributed by atoms with E-state index in [9.17, 15) is 14.7 Å². The number of hydrogen-bond acceptors (Lipinski definition) is 4. The molecule has 20 heavy (non-hydrogen) atoms. The fourth-order valence-electron chi connectivity index (χ4n) is 2.21. The predicted molar refractivity (Wildman–Crippen MR) is 72.8 cm³/mol. The summed E-state index contributed by atoms with van der Waals surface area (Å²) in [6.45, 7) is 3.49. The van der Waals surface area contributed by atoms with Gasteiger partial charge in [0.1, 0.15) is 11.5 Å². The molecule has 6 nitrogen and oxygen atoms in total. The van der Waals surface area contributed by atoms with Crippen molar-refractivity contribution in [2.75, 3.05) is 33.3 Å². The van der Waals surface area contributed by atoms with Gasteiger partial charge in [-0.1, -0.05) is 0 Å². The molecule has 6 heteroatoms. The second-order valence-electron chi connectivity index (χ2n) is 4.68. The molecule has 0 aromatic heterocycles. The minimum atomic E-state index is -0.246. The van der Waals surface area contributed by atoms with Crippen molar-refractivity contribution < 1.29 is 19.4 Å². The van der Waals surface area contributed by atoms with Crippen LogP contribution in [0, 0.1) is 0 Å². The number of methoxy groups -OCH3 is 1. The van der Waals surface area contributed by atoms with E-state index in [1.807, 2.05) is 0 Å². The number of carbonyl (C=O) groups excluding carboxylic acids is 2. The van der Waals surface area contributed by atoms with Gasteiger partial charge in [-0.05, 0) is 18.2 Å². The molecule has 0 unspecified atom stereocenters. The molecule has 0 aliphatic carbocycles. The van der Waals surface area contributed by atoms with Gasteiger partial charge >= 0.3 is 0 Å². The summed E-state index contributed by atoms with van der Waals surface area (Å²) < 4.78 is 5.06. The van der Waals surface area contributed by atoms with Crippen molar-refractivity contribution in [1.29, 1.82) is 0 Å². The lowest BCUT2D eigenvalue weighted by Gasteiger charge is -2.34. The Morgan fingerprint density at radius 2 is 1.75 bits per heavy atom. The highest BCUT2D eigenvalue weighted by Crippen LogP contribution is 2.24. The molecule has 1 aliphatic heterocycles. The Hall–Kier alpha value is -2.24. The van der Waals surface area contributed by atoms with Gasteiger partial charge in [-0.2, -0.15) is 0 Å². The van der Waals surface area contributed by atoms with Crippen molar-refractivity contribution in [2.24, 2.45) is 0 Å². The first-order valence-corrected chi connectivity index (χ1v) is 6.44. The SMILES string of the molecule is COc1ccc(O)c(C(=O)N2CCN(C(C)=O)CC2)c1. The fourth-order valence-corrected chi connectivity index (χ4v) is 2.21. The summed E-state index contributed by atoms with van der Waals surface area (Å²) in [5, 5.41) is 9.80. The summed E-state index contributed by atoms with van der Waals surface area (Å²) in [7, 11) is 1.51. The molecule has 0 bridgehead atoms. The largest absolute Gasteiger partial charge is 0.507 e. The maximum absolute atomic E-state index is 12.4. The molecule has 1 saturated heterocycles. The van der Waals surface area contributed by atoms with Crippen molar-refractivity contribution in [3.05, 3.63) is 23.8 Å². The molecule has 0 atom stereocenters. The Bertz CT molecular complexity index is 522. The van der Waals surface area contributed by atoms with Gasteiger partial charge in [-0.15, -0.1) is 0 Å².